The van der Waals surface area contributed by atoms with E-state index in [1.165, 1.54) is 0 Å². The van der Waals surface area contributed by atoms with E-state index in [2.05, 4.69) is 13.8 Å². The number of hydrogen-bond donors (Lipinski definition) is 10. The molecule has 0 fully saturated rings. The lowest BCUT2D eigenvalue weighted by Gasteiger charge is -1.98. The van der Waals surface area contributed by atoms with E-state index in [1.807, 2.05) is 27.7 Å². The smallest absolute Gasteiger partial charge is 0.0634 e. The summed E-state index contributed by atoms with van der Waals surface area (Å²) in [5.41, 5.74) is 31.0. The second-order valence-corrected chi connectivity index (χ2v) is 7.72. The summed E-state index contributed by atoms with van der Waals surface area (Å²) in [6, 6.07) is 0.690. The van der Waals surface area contributed by atoms with Crippen LogP contribution in [-0.2, 0) is 0 Å². The van der Waals surface area contributed by atoms with Gasteiger partial charge in [-0.2, -0.15) is 0 Å². The van der Waals surface area contributed by atoms with Crippen molar-refractivity contribution in [2.45, 2.75) is 117 Å². The van der Waals surface area contributed by atoms with Gasteiger partial charge in [0.2, 0.25) is 0 Å². The molecule has 10 nitrogen and oxygen atoms in total. The highest BCUT2D eigenvalue weighted by Crippen LogP contribution is 1.80. The van der Waals surface area contributed by atoms with Gasteiger partial charge in [-0.15, -0.1) is 0 Å². The van der Waals surface area contributed by atoms with Crippen molar-refractivity contribution in [3.63, 3.8) is 0 Å². The van der Waals surface area contributed by atoms with Crippen LogP contribution in [0.15, 0.2) is 0 Å². The fourth-order valence-corrected chi connectivity index (χ4v) is 0.258. The molecular weight excluding hydrogens is 412 g/mol. The Morgan fingerprint density at radius 1 is 0.531 bits per heavy atom. The Morgan fingerprint density at radius 2 is 0.719 bits per heavy atom. The zero-order valence-corrected chi connectivity index (χ0v) is 22.4. The van der Waals surface area contributed by atoms with Gasteiger partial charge in [0.15, 0.2) is 0 Å². The van der Waals surface area contributed by atoms with Crippen LogP contribution in [0.25, 0.3) is 0 Å². The Balaban J connectivity index is -0.0000000635. The molecule has 0 aromatic rings. The summed E-state index contributed by atoms with van der Waals surface area (Å²) in [5.74, 6) is 0. The third-order valence-electron chi connectivity index (χ3n) is 3.43. The van der Waals surface area contributed by atoms with Crippen molar-refractivity contribution in [3.8, 4) is 0 Å². The summed E-state index contributed by atoms with van der Waals surface area (Å²) in [6.45, 7) is 16.1. The van der Waals surface area contributed by atoms with Gasteiger partial charge in [0.25, 0.3) is 0 Å². The number of rotatable bonds is 8. The molecule has 0 rings (SSSR count). The molecule has 0 bridgehead atoms. The molecule has 204 valence electrons. The third kappa shape index (κ3) is 99.5. The third-order valence-corrected chi connectivity index (χ3v) is 3.43. The predicted octanol–water partition coefficient (Wildman–Crippen LogP) is -0.429. The molecule has 0 spiro atoms. The average Bonchev–Trinajstić information content (AvgIpc) is 2.79. The van der Waals surface area contributed by atoms with Crippen LogP contribution < -0.4 is 34.4 Å². The zero-order chi connectivity index (χ0) is 27.1. The standard InChI is InChI=1S/2C4H11NO.2C4H11N.2C3H9NO/c2*1-2-4(5)3-6;2*1-3-4(2)5;1-3(4)2-5;1-3(5)2-4/h2*4,6H,2-3,5H2,1H3;2*4H,3,5H2,1-2H3;2*3,5H,2,4H2,1H3/t4*4-;2*3-/m101011/s1. The Bertz CT molecular complexity index is 225. The van der Waals surface area contributed by atoms with Crippen molar-refractivity contribution in [1.82, 2.24) is 0 Å². The maximum Gasteiger partial charge on any atom is 0.0634 e. The second kappa shape index (κ2) is 40.9. The maximum atomic E-state index is 8.24. The summed E-state index contributed by atoms with van der Waals surface area (Å²) < 4.78 is 0. The highest BCUT2D eigenvalue weighted by molar-refractivity contribution is 4.52. The molecule has 10 heteroatoms. The molecule has 0 unspecified atom stereocenters. The first-order valence-electron chi connectivity index (χ1n) is 11.7. The molecule has 0 aromatic carbocycles. The van der Waals surface area contributed by atoms with Gasteiger partial charge in [-0.05, 0) is 53.4 Å². The summed E-state index contributed by atoms with van der Waals surface area (Å²) in [4.78, 5) is 0. The number of aliphatic hydroxyl groups excluding tert-OH is 4. The van der Waals surface area contributed by atoms with Crippen LogP contribution in [-0.4, -0.2) is 83.1 Å². The van der Waals surface area contributed by atoms with Gasteiger partial charge < -0.3 is 54.8 Å². The van der Waals surface area contributed by atoms with E-state index in [1.54, 1.807) is 13.8 Å². The molecule has 0 heterocycles. The number of nitrogens with two attached hydrogens (primary N) is 6. The van der Waals surface area contributed by atoms with Gasteiger partial charge in [-0.1, -0.05) is 27.7 Å². The van der Waals surface area contributed by atoms with Gasteiger partial charge >= 0.3 is 0 Å². The van der Waals surface area contributed by atoms with Gasteiger partial charge in [-0.25, -0.2) is 0 Å². The van der Waals surface area contributed by atoms with Crippen LogP contribution in [0.5, 0.6) is 0 Å². The van der Waals surface area contributed by atoms with Crippen LogP contribution in [0.3, 0.4) is 0 Å². The Morgan fingerprint density at radius 3 is 0.719 bits per heavy atom. The molecule has 0 aliphatic carbocycles. The summed E-state index contributed by atoms with van der Waals surface area (Å²) >= 11 is 0. The van der Waals surface area contributed by atoms with Crippen LogP contribution in [0.4, 0.5) is 0 Å². The van der Waals surface area contributed by atoms with Crippen LogP contribution in [0.2, 0.25) is 0 Å². The number of aliphatic hydroxyl groups is 4. The molecule has 0 radical (unpaired) electrons. The topological polar surface area (TPSA) is 237 Å². The Kier molecular flexibility index (Phi) is 57.7. The van der Waals surface area contributed by atoms with Crippen LogP contribution in [0, 0.1) is 0 Å². The lowest BCUT2D eigenvalue weighted by molar-refractivity contribution is 0.203. The molecule has 32 heavy (non-hydrogen) atoms. The minimum Gasteiger partial charge on any atom is -0.395 e. The first-order valence-corrected chi connectivity index (χ1v) is 11.7. The van der Waals surface area contributed by atoms with Gasteiger partial charge in [0.05, 0.1) is 25.9 Å². The highest BCUT2D eigenvalue weighted by Gasteiger charge is 1.90. The lowest BCUT2D eigenvalue weighted by Crippen LogP contribution is -2.22. The first kappa shape index (κ1) is 45.1. The van der Waals surface area contributed by atoms with Gasteiger partial charge in [0, 0.05) is 36.8 Å². The minimum absolute atomic E-state index is 0.00926. The van der Waals surface area contributed by atoms with Crippen LogP contribution >= 0.6 is 0 Å². The van der Waals surface area contributed by atoms with Crippen molar-refractivity contribution in [2.75, 3.05) is 26.4 Å². The molecular formula is C22H62N6O4. The quantitative estimate of drug-likeness (QED) is 0.218. The zero-order valence-electron chi connectivity index (χ0n) is 22.4. The average molecular weight is 475 g/mol. The van der Waals surface area contributed by atoms with E-state index in [9.17, 15) is 0 Å². The summed E-state index contributed by atoms with van der Waals surface area (Å²) in [7, 11) is 0. The van der Waals surface area contributed by atoms with E-state index < -0.39 is 0 Å². The van der Waals surface area contributed by atoms with Crippen molar-refractivity contribution in [1.29, 1.82) is 0 Å². The van der Waals surface area contributed by atoms with Crippen molar-refractivity contribution in [3.05, 3.63) is 0 Å². The van der Waals surface area contributed by atoms with E-state index in [0.717, 1.165) is 25.7 Å². The SMILES string of the molecule is CC[C@@H](C)N.CC[C@@H](N)CO.CC[C@H](C)N.CC[C@H](N)CO.C[C@@H](N)CO.C[C@@H](O)CN. The Hall–Kier alpha value is -0.400. The van der Waals surface area contributed by atoms with Crippen molar-refractivity contribution < 1.29 is 20.4 Å². The van der Waals surface area contributed by atoms with E-state index in [0.29, 0.717) is 18.6 Å². The van der Waals surface area contributed by atoms with E-state index in [-0.39, 0.29) is 44.1 Å². The summed E-state index contributed by atoms with van der Waals surface area (Å²) in [5, 5.41) is 32.7. The summed E-state index contributed by atoms with van der Waals surface area (Å²) in [6.07, 6.45) is 3.54. The fourth-order valence-electron chi connectivity index (χ4n) is 0.258. The van der Waals surface area contributed by atoms with Gasteiger partial charge in [-0.3, -0.25) is 0 Å². The largest absolute Gasteiger partial charge is 0.395 e. The molecule has 16 N–H and O–H groups in total. The van der Waals surface area contributed by atoms with Crippen molar-refractivity contribution in [2.24, 2.45) is 34.4 Å². The van der Waals surface area contributed by atoms with E-state index in [4.69, 9.17) is 54.8 Å². The Labute approximate surface area is 199 Å². The minimum atomic E-state index is -0.338. The molecule has 0 saturated carbocycles. The first-order chi connectivity index (χ1) is 14.7. The van der Waals surface area contributed by atoms with Crippen LogP contribution in [0.1, 0.15) is 81.1 Å². The molecule has 6 atom stereocenters. The fraction of sp³-hybridized carbons (Fsp3) is 1.00. The molecule has 0 saturated heterocycles. The maximum absolute atomic E-state index is 8.24. The molecule has 0 aliphatic rings. The van der Waals surface area contributed by atoms with Crippen molar-refractivity contribution >= 4 is 0 Å². The highest BCUT2D eigenvalue weighted by atomic mass is 16.3. The number of hydrogen-bond acceptors (Lipinski definition) is 10. The lowest BCUT2D eigenvalue weighted by atomic mass is 10.3. The molecule has 0 aliphatic heterocycles. The monoisotopic (exact) mass is 474 g/mol. The van der Waals surface area contributed by atoms with E-state index >= 15 is 0 Å². The normalized spacial score (nSPS) is 14.8. The second-order valence-electron chi connectivity index (χ2n) is 7.72. The predicted molar refractivity (Wildman–Crippen MR) is 140 cm³/mol. The molecule has 0 aromatic heterocycles. The van der Waals surface area contributed by atoms with Gasteiger partial charge in [0.1, 0.15) is 0 Å². The molecule has 0 amide bonds.